The zero-order valence-electron chi connectivity index (χ0n) is 8.45. The second-order valence-corrected chi connectivity index (χ2v) is 3.83. The summed E-state index contributed by atoms with van der Waals surface area (Å²) in [5.74, 6) is -0.365. The average Bonchev–Trinajstić information content (AvgIpc) is 2.28. The summed E-state index contributed by atoms with van der Waals surface area (Å²) in [6.07, 6.45) is 2.77. The van der Waals surface area contributed by atoms with Gasteiger partial charge >= 0.3 is 0 Å². The van der Waals surface area contributed by atoms with E-state index in [1.54, 1.807) is 18.3 Å². The van der Waals surface area contributed by atoms with Gasteiger partial charge in [-0.05, 0) is 29.3 Å². The zero-order valence-corrected chi connectivity index (χ0v) is 9.21. The molecule has 2 N–H and O–H groups in total. The first-order valence-electron chi connectivity index (χ1n) is 4.80. The van der Waals surface area contributed by atoms with E-state index in [2.05, 4.69) is 4.98 Å². The summed E-state index contributed by atoms with van der Waals surface area (Å²) in [5.41, 5.74) is 8.06. The first kappa shape index (κ1) is 11.0. The van der Waals surface area contributed by atoms with Crippen molar-refractivity contribution >= 4 is 11.6 Å². The van der Waals surface area contributed by atoms with Crippen molar-refractivity contribution in [2.75, 3.05) is 0 Å². The molecule has 0 atom stereocenters. The Balaban J connectivity index is 2.55. The van der Waals surface area contributed by atoms with Gasteiger partial charge in [-0.2, -0.15) is 0 Å². The Morgan fingerprint density at radius 2 is 2.06 bits per heavy atom. The van der Waals surface area contributed by atoms with Gasteiger partial charge in [0, 0.05) is 23.3 Å². The first-order chi connectivity index (χ1) is 7.70. The number of hydrogen-bond acceptors (Lipinski definition) is 2. The molecular weight excluding hydrogens is 227 g/mol. The summed E-state index contributed by atoms with van der Waals surface area (Å²) in [5, 5.41) is 0.619. The lowest BCUT2D eigenvalue weighted by atomic mass is 10.0. The third-order valence-electron chi connectivity index (χ3n) is 2.30. The summed E-state index contributed by atoms with van der Waals surface area (Å²) >= 11 is 5.87. The van der Waals surface area contributed by atoms with E-state index in [9.17, 15) is 4.39 Å². The molecule has 1 heterocycles. The van der Waals surface area contributed by atoms with E-state index in [-0.39, 0.29) is 5.82 Å². The van der Waals surface area contributed by atoms with Crippen LogP contribution < -0.4 is 5.73 Å². The predicted octanol–water partition coefficient (Wildman–Crippen LogP) is 3.00. The van der Waals surface area contributed by atoms with Crippen LogP contribution in [-0.4, -0.2) is 4.98 Å². The van der Waals surface area contributed by atoms with E-state index < -0.39 is 0 Å². The highest BCUT2D eigenvalue weighted by molar-refractivity contribution is 6.30. The lowest BCUT2D eigenvalue weighted by Crippen LogP contribution is -1.99. The topological polar surface area (TPSA) is 38.9 Å². The number of hydrogen-bond donors (Lipinski definition) is 1. The summed E-state index contributed by atoms with van der Waals surface area (Å²) in [7, 11) is 0. The Morgan fingerprint density at radius 1 is 1.25 bits per heavy atom. The number of nitrogens with two attached hydrogens (primary N) is 1. The monoisotopic (exact) mass is 236 g/mol. The van der Waals surface area contributed by atoms with Crippen molar-refractivity contribution in [2.24, 2.45) is 5.73 Å². The molecule has 4 heteroatoms. The maximum Gasteiger partial charge on any atom is 0.142 e. The number of nitrogens with zero attached hydrogens (tertiary/aromatic N) is 1. The Bertz CT molecular complexity index is 514. The van der Waals surface area contributed by atoms with Gasteiger partial charge in [-0.3, -0.25) is 4.98 Å². The van der Waals surface area contributed by atoms with Crippen molar-refractivity contribution < 1.29 is 4.39 Å². The molecule has 0 unspecified atom stereocenters. The maximum atomic E-state index is 13.0. The van der Waals surface area contributed by atoms with Crippen LogP contribution >= 0.6 is 11.6 Å². The van der Waals surface area contributed by atoms with Gasteiger partial charge in [0.1, 0.15) is 5.82 Å². The minimum absolute atomic E-state index is 0.354. The van der Waals surface area contributed by atoms with Gasteiger partial charge in [0.05, 0.1) is 6.20 Å². The molecule has 0 radical (unpaired) electrons. The average molecular weight is 237 g/mol. The standard InChI is InChI=1S/C12H10ClFN2/c13-10-1-2-12(8(3-10)5-15)9-4-11(14)7-16-6-9/h1-4,6-7H,5,15H2. The van der Waals surface area contributed by atoms with Gasteiger partial charge in [0.2, 0.25) is 0 Å². The molecular formula is C12H10ClFN2. The summed E-state index contributed by atoms with van der Waals surface area (Å²) < 4.78 is 13.0. The third-order valence-corrected chi connectivity index (χ3v) is 2.54. The van der Waals surface area contributed by atoms with Crippen LogP contribution in [0.2, 0.25) is 5.02 Å². The molecule has 0 aliphatic carbocycles. The minimum Gasteiger partial charge on any atom is -0.326 e. The van der Waals surface area contributed by atoms with Crippen molar-refractivity contribution in [1.29, 1.82) is 0 Å². The Hall–Kier alpha value is -1.45. The Kier molecular flexibility index (Phi) is 3.17. The largest absolute Gasteiger partial charge is 0.326 e. The van der Waals surface area contributed by atoms with Crippen molar-refractivity contribution in [2.45, 2.75) is 6.54 Å². The quantitative estimate of drug-likeness (QED) is 0.871. The maximum absolute atomic E-state index is 13.0. The highest BCUT2D eigenvalue weighted by Gasteiger charge is 2.06. The fraction of sp³-hybridized carbons (Fsp3) is 0.0833. The summed E-state index contributed by atoms with van der Waals surface area (Å²) in [4.78, 5) is 3.81. The van der Waals surface area contributed by atoms with Crippen LogP contribution in [0.5, 0.6) is 0 Å². The van der Waals surface area contributed by atoms with Gasteiger partial charge in [-0.25, -0.2) is 4.39 Å². The first-order valence-corrected chi connectivity index (χ1v) is 5.18. The van der Waals surface area contributed by atoms with Crippen molar-refractivity contribution in [3.8, 4) is 11.1 Å². The van der Waals surface area contributed by atoms with Gasteiger partial charge in [-0.1, -0.05) is 17.7 Å². The van der Waals surface area contributed by atoms with Crippen LogP contribution in [0.1, 0.15) is 5.56 Å². The van der Waals surface area contributed by atoms with E-state index in [1.807, 2.05) is 6.07 Å². The van der Waals surface area contributed by atoms with Gasteiger partial charge in [-0.15, -0.1) is 0 Å². The fourth-order valence-corrected chi connectivity index (χ4v) is 1.77. The third kappa shape index (κ3) is 2.21. The number of benzene rings is 1. The molecule has 2 rings (SSSR count). The molecule has 1 aromatic heterocycles. The molecule has 0 fully saturated rings. The number of halogens is 2. The highest BCUT2D eigenvalue weighted by Crippen LogP contribution is 2.26. The van der Waals surface area contributed by atoms with E-state index >= 15 is 0 Å². The summed E-state index contributed by atoms with van der Waals surface area (Å²) in [6, 6.07) is 6.78. The van der Waals surface area contributed by atoms with Crippen LogP contribution in [0, 0.1) is 5.82 Å². The molecule has 16 heavy (non-hydrogen) atoms. The van der Waals surface area contributed by atoms with Crippen LogP contribution in [0.15, 0.2) is 36.7 Å². The molecule has 2 nitrogen and oxygen atoms in total. The highest BCUT2D eigenvalue weighted by atomic mass is 35.5. The second kappa shape index (κ2) is 4.60. The van der Waals surface area contributed by atoms with Gasteiger partial charge in [0.25, 0.3) is 0 Å². The molecule has 0 aliphatic heterocycles. The van der Waals surface area contributed by atoms with E-state index in [4.69, 9.17) is 17.3 Å². The summed E-state index contributed by atoms with van der Waals surface area (Å²) in [6.45, 7) is 0.354. The van der Waals surface area contributed by atoms with Gasteiger partial charge in [0.15, 0.2) is 0 Å². The number of pyridine rings is 1. The predicted molar refractivity (Wildman–Crippen MR) is 62.5 cm³/mol. The van der Waals surface area contributed by atoms with Gasteiger partial charge < -0.3 is 5.73 Å². The Labute approximate surface area is 97.9 Å². The molecule has 2 aromatic rings. The van der Waals surface area contributed by atoms with E-state index in [0.29, 0.717) is 17.1 Å². The lowest BCUT2D eigenvalue weighted by Gasteiger charge is -2.08. The second-order valence-electron chi connectivity index (χ2n) is 3.40. The van der Waals surface area contributed by atoms with E-state index in [0.717, 1.165) is 11.1 Å². The van der Waals surface area contributed by atoms with E-state index in [1.165, 1.54) is 12.3 Å². The smallest absolute Gasteiger partial charge is 0.142 e. The number of aromatic nitrogens is 1. The molecule has 0 bridgehead atoms. The molecule has 0 saturated heterocycles. The van der Waals surface area contributed by atoms with Crippen molar-refractivity contribution in [3.05, 3.63) is 53.1 Å². The SMILES string of the molecule is NCc1cc(Cl)ccc1-c1cncc(F)c1. The van der Waals surface area contributed by atoms with Crippen LogP contribution in [0.25, 0.3) is 11.1 Å². The number of rotatable bonds is 2. The molecule has 0 spiro atoms. The lowest BCUT2D eigenvalue weighted by molar-refractivity contribution is 0.622. The van der Waals surface area contributed by atoms with Crippen LogP contribution in [0.4, 0.5) is 4.39 Å². The minimum atomic E-state index is -0.365. The van der Waals surface area contributed by atoms with Crippen LogP contribution in [-0.2, 0) is 6.54 Å². The normalized spacial score (nSPS) is 10.4. The fourth-order valence-electron chi connectivity index (χ4n) is 1.57. The molecule has 1 aromatic carbocycles. The molecule has 0 amide bonds. The molecule has 0 saturated carbocycles. The van der Waals surface area contributed by atoms with Crippen LogP contribution in [0.3, 0.4) is 0 Å². The van der Waals surface area contributed by atoms with Crippen molar-refractivity contribution in [1.82, 2.24) is 4.98 Å². The molecule has 82 valence electrons. The zero-order chi connectivity index (χ0) is 11.5. The Morgan fingerprint density at radius 3 is 2.75 bits per heavy atom. The molecule has 0 aliphatic rings. The van der Waals surface area contributed by atoms with Crippen molar-refractivity contribution in [3.63, 3.8) is 0 Å².